The predicted molar refractivity (Wildman–Crippen MR) is 303 cm³/mol. The van der Waals surface area contributed by atoms with E-state index < -0.39 is 0 Å². The van der Waals surface area contributed by atoms with E-state index in [4.69, 9.17) is 33.2 Å². The van der Waals surface area contributed by atoms with Gasteiger partial charge in [-0.15, -0.1) is 0 Å². The van der Waals surface area contributed by atoms with Crippen LogP contribution in [0, 0.1) is 0 Å². The van der Waals surface area contributed by atoms with Gasteiger partial charge in [0.1, 0.15) is 11.5 Å². The summed E-state index contributed by atoms with van der Waals surface area (Å²) >= 11 is 0. The molecular weight excluding hydrogens is 935 g/mol. The van der Waals surface area contributed by atoms with Gasteiger partial charge in [0.05, 0.1) is 55.1 Å². The van der Waals surface area contributed by atoms with Crippen LogP contribution in [0.2, 0.25) is 0 Å². The second kappa shape index (κ2) is 46.6. The van der Waals surface area contributed by atoms with Crippen LogP contribution in [-0.4, -0.2) is 87.6 Å². The Bertz CT molecular complexity index is 1740. The fraction of sp³-hybridized carbons (Fsp3) is 0.431. The van der Waals surface area contributed by atoms with Crippen molar-refractivity contribution in [2.75, 3.05) is 0 Å². The van der Waals surface area contributed by atoms with Crippen molar-refractivity contribution in [1.82, 2.24) is 44.9 Å². The number of hydrogen-bond donors (Lipinski definition) is 0. The molecule has 0 fully saturated rings. The minimum atomic E-state index is 0. The van der Waals surface area contributed by atoms with Crippen LogP contribution >= 0.6 is 0 Å². The molecule has 0 atom stereocenters. The van der Waals surface area contributed by atoms with Crippen LogP contribution in [0.15, 0.2) is 159 Å². The van der Waals surface area contributed by atoms with E-state index >= 15 is 0 Å². The molecule has 0 aliphatic carbocycles. The van der Waals surface area contributed by atoms with Crippen molar-refractivity contribution in [3.8, 4) is 41.0 Å². The first kappa shape index (κ1) is 73.0. The molecule has 0 aromatic carbocycles. The topological polar surface area (TPSA) is 181 Å². The molecule has 0 N–H and O–H groups in total. The van der Waals surface area contributed by atoms with Crippen LogP contribution < -0.4 is 33.2 Å². The maximum Gasteiger partial charge on any atom is 0.316 e. The number of rotatable bonds is 14. The third-order valence-corrected chi connectivity index (χ3v) is 6.79. The van der Waals surface area contributed by atoms with E-state index in [1.165, 1.54) is 0 Å². The molecule has 16 heteroatoms. The van der Waals surface area contributed by atoms with Gasteiger partial charge in [-0.3, -0.25) is 15.0 Å². The van der Waals surface area contributed by atoms with Gasteiger partial charge >= 0.3 is 6.01 Å². The van der Waals surface area contributed by atoms with Crippen LogP contribution in [0.5, 0.6) is 41.0 Å². The van der Waals surface area contributed by atoms with E-state index in [1.807, 2.05) is 176 Å². The zero-order valence-electron chi connectivity index (χ0n) is 43.4. The number of ether oxygens (including phenoxy) is 7. The Morgan fingerprint density at radius 1 is 0.257 bits per heavy atom. The molecule has 7 rings (SSSR count). The van der Waals surface area contributed by atoms with Crippen molar-refractivity contribution in [3.63, 3.8) is 0 Å². The molecule has 7 heterocycles. The summed E-state index contributed by atoms with van der Waals surface area (Å²) in [6.45, 7) is 27.7. The highest BCUT2D eigenvalue weighted by atomic mass is 16.5. The second-order valence-corrected chi connectivity index (χ2v) is 16.1. The lowest BCUT2D eigenvalue weighted by molar-refractivity contribution is 0.222. The lowest BCUT2D eigenvalue weighted by Gasteiger charge is -2.07. The highest BCUT2D eigenvalue weighted by Gasteiger charge is 1.99. The van der Waals surface area contributed by atoms with Gasteiger partial charge in [-0.1, -0.05) is 47.9 Å². The molecule has 0 saturated carbocycles. The highest BCUT2D eigenvalue weighted by molar-refractivity contribution is 5.17. The normalized spacial score (nSPS) is 9.36. The molecule has 16 nitrogen and oxygen atoms in total. The summed E-state index contributed by atoms with van der Waals surface area (Å²) in [5.74, 6) is 4.37. The Labute approximate surface area is 446 Å². The van der Waals surface area contributed by atoms with Crippen LogP contribution in [0.3, 0.4) is 0 Å². The predicted octanol–water partition coefficient (Wildman–Crippen LogP) is 14.4. The van der Waals surface area contributed by atoms with Crippen molar-refractivity contribution in [1.29, 1.82) is 0 Å². The molecule has 0 bridgehead atoms. The second-order valence-electron chi connectivity index (χ2n) is 16.1. The molecule has 0 radical (unpaired) electrons. The molecule has 0 aliphatic rings. The summed E-state index contributed by atoms with van der Waals surface area (Å²) in [6.07, 6.45) is 21.6. The maximum absolute atomic E-state index is 5.37. The van der Waals surface area contributed by atoms with Crippen molar-refractivity contribution < 1.29 is 33.2 Å². The first-order valence-corrected chi connectivity index (χ1v) is 23.2. The molecule has 0 saturated heterocycles. The van der Waals surface area contributed by atoms with Crippen molar-refractivity contribution in [2.45, 2.75) is 169 Å². The van der Waals surface area contributed by atoms with Crippen LogP contribution in [0.25, 0.3) is 0 Å². The first-order valence-electron chi connectivity index (χ1n) is 23.2. The molecule has 410 valence electrons. The van der Waals surface area contributed by atoms with Crippen LogP contribution in [0.4, 0.5) is 0 Å². The average Bonchev–Trinajstić information content (AvgIpc) is 3.31. The minimum Gasteiger partial charge on any atom is -0.491 e. The van der Waals surface area contributed by atoms with E-state index in [2.05, 4.69) is 44.9 Å². The smallest absolute Gasteiger partial charge is 0.316 e. The lowest BCUT2D eigenvalue weighted by atomic mass is 10.4. The van der Waals surface area contributed by atoms with Gasteiger partial charge in [0, 0.05) is 80.2 Å². The summed E-state index contributed by atoms with van der Waals surface area (Å²) in [5.41, 5.74) is 0. The fourth-order valence-electron chi connectivity index (χ4n) is 4.50. The highest BCUT2D eigenvalue weighted by Crippen LogP contribution is 2.10. The molecule has 0 spiro atoms. The third kappa shape index (κ3) is 44.5. The molecular formula is C58H91N9O7. The van der Waals surface area contributed by atoms with Crippen molar-refractivity contribution in [3.05, 3.63) is 159 Å². The zero-order chi connectivity index (χ0) is 51.8. The Kier molecular flexibility index (Phi) is 46.0. The largest absolute Gasteiger partial charge is 0.491 e. The van der Waals surface area contributed by atoms with E-state index in [9.17, 15) is 0 Å². The zero-order valence-corrected chi connectivity index (χ0v) is 43.4. The van der Waals surface area contributed by atoms with Gasteiger partial charge in [0.2, 0.25) is 23.5 Å². The molecule has 0 unspecified atom stereocenters. The van der Waals surface area contributed by atoms with Gasteiger partial charge in [-0.25, -0.2) is 29.9 Å². The van der Waals surface area contributed by atoms with Gasteiger partial charge in [-0.05, 0) is 145 Å². The summed E-state index contributed by atoms with van der Waals surface area (Å²) in [4.78, 5) is 35.3. The number of nitrogens with zero attached hydrogens (tertiary/aromatic N) is 9. The summed E-state index contributed by atoms with van der Waals surface area (Å²) in [7, 11) is 0. The quantitative estimate of drug-likeness (QED) is 0.100. The summed E-state index contributed by atoms with van der Waals surface area (Å²) < 4.78 is 37.1. The van der Waals surface area contributed by atoms with Gasteiger partial charge in [0.25, 0.3) is 0 Å². The number of pyridine rings is 5. The third-order valence-electron chi connectivity index (χ3n) is 6.79. The summed E-state index contributed by atoms with van der Waals surface area (Å²) in [6, 6.07) is 26.5. The monoisotopic (exact) mass is 1030 g/mol. The molecule has 74 heavy (non-hydrogen) atoms. The molecule has 7 aromatic rings. The van der Waals surface area contributed by atoms with Crippen LogP contribution in [0.1, 0.15) is 127 Å². The Balaban J connectivity index is -0.000000383. The Morgan fingerprint density at radius 3 is 0.959 bits per heavy atom. The van der Waals surface area contributed by atoms with Crippen molar-refractivity contribution in [2.24, 2.45) is 0 Å². The van der Waals surface area contributed by atoms with Gasteiger partial charge in [0.15, 0.2) is 0 Å². The van der Waals surface area contributed by atoms with E-state index in [1.54, 1.807) is 80.4 Å². The first-order chi connectivity index (χ1) is 33.5. The van der Waals surface area contributed by atoms with E-state index in [-0.39, 0.29) is 72.4 Å². The number of aromatic nitrogens is 9. The fourth-order valence-corrected chi connectivity index (χ4v) is 4.50. The molecule has 7 aromatic heterocycles. The SMILES string of the molecule is C.C.C.C.CC(C)Oc1ccccn1.CC(C)Oc1ccccn1.CC(C)Oc1ccccn1.CC(C)Oc1cccnc1.CC(C)Oc1ccncc1.CC(C)Oc1cnccn1.CC(C)Oc1ncccn1. The molecule has 0 amide bonds. The minimum absolute atomic E-state index is 0. The average molecular weight is 1030 g/mol. The summed E-state index contributed by atoms with van der Waals surface area (Å²) in [5, 5.41) is 0. The number of hydrogen-bond acceptors (Lipinski definition) is 16. The van der Waals surface area contributed by atoms with Crippen LogP contribution in [-0.2, 0) is 0 Å². The Morgan fingerprint density at radius 2 is 0.622 bits per heavy atom. The lowest BCUT2D eigenvalue weighted by Crippen LogP contribution is -2.07. The van der Waals surface area contributed by atoms with E-state index in [0.29, 0.717) is 29.5 Å². The Hall–Kier alpha value is -7.49. The van der Waals surface area contributed by atoms with Gasteiger partial charge < -0.3 is 33.2 Å². The van der Waals surface area contributed by atoms with Gasteiger partial charge in [-0.2, -0.15) is 0 Å². The maximum atomic E-state index is 5.37. The van der Waals surface area contributed by atoms with Crippen molar-refractivity contribution >= 4 is 0 Å². The standard InChI is InChI=1S/5C8H11NO.2C7H10N2O.4CH4/c1-7(2)10-8-3-5-9-6-4-8;1-7(2)10-8-4-3-5-9-6-8;3*1-7(2)10-8-5-3-4-6-9-8;1-6(2)10-7-5-8-3-4-9-7;1-6(2)10-7-8-4-3-5-9-7;;;;/h5*3-7H,1-2H3;2*3-6H,1-2H3;4*1H4. The molecule has 0 aliphatic heterocycles. The van der Waals surface area contributed by atoms with E-state index in [0.717, 1.165) is 11.5 Å².